The van der Waals surface area contributed by atoms with Gasteiger partial charge in [0, 0.05) is 16.7 Å². The Hall–Kier alpha value is -1.39. The molecule has 2 nitrogen and oxygen atoms in total. The minimum absolute atomic E-state index is 0.117. The topological polar surface area (TPSA) is 21.6 Å². The number of nitrogens with zero attached hydrogens (tertiary/aromatic N) is 1. The molecule has 0 aliphatic rings. The molecule has 4 heteroatoms. The maximum Gasteiger partial charge on any atom is 0.229 e. The van der Waals surface area contributed by atoms with Crippen molar-refractivity contribution in [3.63, 3.8) is 0 Å². The summed E-state index contributed by atoms with van der Waals surface area (Å²) in [6.07, 6.45) is 1.94. The number of thiophene rings is 1. The van der Waals surface area contributed by atoms with Crippen LogP contribution in [0.15, 0.2) is 46.8 Å². The highest BCUT2D eigenvalue weighted by atomic mass is 32.1. The molecule has 1 aromatic carbocycles. The van der Waals surface area contributed by atoms with Gasteiger partial charge in [-0.1, -0.05) is 24.3 Å². The molecule has 0 fully saturated rings. The van der Waals surface area contributed by atoms with E-state index in [4.69, 9.17) is 4.43 Å². The zero-order valence-corrected chi connectivity index (χ0v) is 13.5. The van der Waals surface area contributed by atoms with Crippen molar-refractivity contribution in [3.8, 4) is 5.75 Å². The van der Waals surface area contributed by atoms with E-state index in [0.29, 0.717) is 0 Å². The molecule has 1 heterocycles. The van der Waals surface area contributed by atoms with E-state index in [-0.39, 0.29) is 6.04 Å². The van der Waals surface area contributed by atoms with Gasteiger partial charge in [-0.05, 0) is 37.5 Å². The van der Waals surface area contributed by atoms with Gasteiger partial charge < -0.3 is 4.43 Å². The Morgan fingerprint density at radius 1 is 1.21 bits per heavy atom. The maximum atomic E-state index is 5.97. The lowest BCUT2D eigenvalue weighted by Crippen LogP contribution is -2.13. The Labute approximate surface area is 120 Å². The van der Waals surface area contributed by atoms with Gasteiger partial charge >= 0.3 is 0 Å². The molecule has 1 unspecified atom stereocenters. The molecule has 19 heavy (non-hydrogen) atoms. The fraction of sp³-hybridized carbons (Fsp3) is 0.267. The number of rotatable bonds is 5. The minimum atomic E-state index is -1.09. The molecule has 0 saturated carbocycles. The van der Waals surface area contributed by atoms with E-state index in [2.05, 4.69) is 42.5 Å². The molecule has 2 aromatic rings. The molecule has 100 valence electrons. The van der Waals surface area contributed by atoms with Gasteiger partial charge in [0.15, 0.2) is 0 Å². The van der Waals surface area contributed by atoms with Gasteiger partial charge in [0.2, 0.25) is 9.04 Å². The standard InChI is InChI=1S/C15H19NOSSi/c1-12(16-11-13-7-6-10-18-13)14-8-4-5-9-15(14)17-19(2)3/h4-12,19H,1-3H3. The van der Waals surface area contributed by atoms with Crippen LogP contribution in [0.2, 0.25) is 13.1 Å². The minimum Gasteiger partial charge on any atom is -0.547 e. The number of aliphatic imine (C=N–C) groups is 1. The first kappa shape index (κ1) is 14.0. The van der Waals surface area contributed by atoms with Crippen molar-refractivity contribution in [2.45, 2.75) is 26.1 Å². The van der Waals surface area contributed by atoms with Crippen LogP contribution in [0.25, 0.3) is 0 Å². The predicted molar refractivity (Wildman–Crippen MR) is 86.3 cm³/mol. The van der Waals surface area contributed by atoms with Crippen molar-refractivity contribution in [1.82, 2.24) is 0 Å². The van der Waals surface area contributed by atoms with Crippen molar-refractivity contribution >= 4 is 26.6 Å². The first-order valence-electron chi connectivity index (χ1n) is 6.49. The molecular formula is C15H19NOSSi. The summed E-state index contributed by atoms with van der Waals surface area (Å²) in [6, 6.07) is 12.4. The van der Waals surface area contributed by atoms with Crippen molar-refractivity contribution in [1.29, 1.82) is 0 Å². The summed E-state index contributed by atoms with van der Waals surface area (Å²) in [5, 5.41) is 2.06. The average molecular weight is 289 g/mol. The first-order valence-corrected chi connectivity index (χ1v) is 10.1. The van der Waals surface area contributed by atoms with Gasteiger partial charge in [0.1, 0.15) is 5.75 Å². The molecule has 0 amide bonds. The fourth-order valence-electron chi connectivity index (χ4n) is 1.82. The van der Waals surface area contributed by atoms with Gasteiger partial charge in [0.25, 0.3) is 0 Å². The maximum absolute atomic E-state index is 5.97. The fourth-order valence-corrected chi connectivity index (χ4v) is 3.13. The molecule has 1 aromatic heterocycles. The Morgan fingerprint density at radius 3 is 2.68 bits per heavy atom. The Balaban J connectivity index is 2.16. The number of hydrogen-bond donors (Lipinski definition) is 0. The van der Waals surface area contributed by atoms with Gasteiger partial charge in [-0.15, -0.1) is 11.3 Å². The summed E-state index contributed by atoms with van der Waals surface area (Å²) in [6.45, 7) is 6.46. The summed E-state index contributed by atoms with van der Waals surface area (Å²) < 4.78 is 5.97. The second kappa shape index (κ2) is 6.68. The van der Waals surface area contributed by atoms with Crippen molar-refractivity contribution in [3.05, 3.63) is 52.2 Å². The highest BCUT2D eigenvalue weighted by molar-refractivity contribution is 7.11. The number of benzene rings is 1. The second-order valence-corrected chi connectivity index (χ2v) is 7.99. The molecule has 0 aliphatic carbocycles. The first-order chi connectivity index (χ1) is 9.16. The molecule has 2 rings (SSSR count). The smallest absolute Gasteiger partial charge is 0.229 e. The lowest BCUT2D eigenvalue weighted by Gasteiger charge is -2.16. The summed E-state index contributed by atoms with van der Waals surface area (Å²) in [7, 11) is -1.09. The van der Waals surface area contributed by atoms with E-state index in [9.17, 15) is 0 Å². The van der Waals surface area contributed by atoms with Crippen LogP contribution in [0.1, 0.15) is 23.4 Å². The molecule has 0 bridgehead atoms. The van der Waals surface area contributed by atoms with Crippen molar-refractivity contribution in [2.75, 3.05) is 0 Å². The Kier molecular flexibility index (Phi) is 4.93. The molecule has 0 aliphatic heterocycles. The number of hydrogen-bond acceptors (Lipinski definition) is 3. The third-order valence-electron chi connectivity index (χ3n) is 2.70. The van der Waals surface area contributed by atoms with Crippen LogP contribution in [0, 0.1) is 0 Å². The molecular weight excluding hydrogens is 270 g/mol. The second-order valence-electron chi connectivity index (χ2n) is 4.67. The molecule has 0 spiro atoms. The molecule has 1 atom stereocenters. The largest absolute Gasteiger partial charge is 0.547 e. The molecule has 0 radical (unpaired) electrons. The van der Waals surface area contributed by atoms with Crippen LogP contribution < -0.4 is 4.43 Å². The van der Waals surface area contributed by atoms with Gasteiger partial charge in [-0.3, -0.25) is 4.99 Å². The zero-order chi connectivity index (χ0) is 13.7. The summed E-state index contributed by atoms with van der Waals surface area (Å²) in [5.41, 5.74) is 1.16. The summed E-state index contributed by atoms with van der Waals surface area (Å²) >= 11 is 1.70. The monoisotopic (exact) mass is 289 g/mol. The lowest BCUT2D eigenvalue weighted by molar-refractivity contribution is 0.564. The molecule has 0 N–H and O–H groups in total. The van der Waals surface area contributed by atoms with Gasteiger partial charge in [-0.25, -0.2) is 0 Å². The van der Waals surface area contributed by atoms with E-state index in [1.165, 1.54) is 4.88 Å². The summed E-state index contributed by atoms with van der Waals surface area (Å²) in [4.78, 5) is 5.81. The van der Waals surface area contributed by atoms with Gasteiger partial charge in [0.05, 0.1) is 6.04 Å². The van der Waals surface area contributed by atoms with Crippen LogP contribution in [0.4, 0.5) is 0 Å². The SMILES string of the molecule is CC(N=Cc1cccs1)c1ccccc1O[SiH](C)C. The lowest BCUT2D eigenvalue weighted by atomic mass is 10.1. The van der Waals surface area contributed by atoms with Gasteiger partial charge in [-0.2, -0.15) is 0 Å². The third-order valence-corrected chi connectivity index (χ3v) is 4.23. The highest BCUT2D eigenvalue weighted by Crippen LogP contribution is 2.27. The third kappa shape index (κ3) is 4.04. The quantitative estimate of drug-likeness (QED) is 0.594. The van der Waals surface area contributed by atoms with E-state index >= 15 is 0 Å². The summed E-state index contributed by atoms with van der Waals surface area (Å²) in [5.74, 6) is 0.986. The Bertz CT molecular complexity index is 537. The van der Waals surface area contributed by atoms with Crippen LogP contribution in [-0.2, 0) is 0 Å². The zero-order valence-electron chi connectivity index (χ0n) is 11.5. The van der Waals surface area contributed by atoms with Crippen LogP contribution >= 0.6 is 11.3 Å². The number of para-hydroxylation sites is 1. The van der Waals surface area contributed by atoms with Crippen LogP contribution in [0.3, 0.4) is 0 Å². The van der Waals surface area contributed by atoms with E-state index < -0.39 is 9.04 Å². The van der Waals surface area contributed by atoms with Crippen molar-refractivity contribution < 1.29 is 4.43 Å². The highest BCUT2D eigenvalue weighted by Gasteiger charge is 2.10. The normalized spacial score (nSPS) is 13.1. The molecule has 0 saturated heterocycles. The predicted octanol–water partition coefficient (Wildman–Crippen LogP) is 4.29. The van der Waals surface area contributed by atoms with Crippen LogP contribution in [0.5, 0.6) is 5.75 Å². The van der Waals surface area contributed by atoms with E-state index in [1.807, 2.05) is 30.5 Å². The van der Waals surface area contributed by atoms with E-state index in [1.54, 1.807) is 11.3 Å². The van der Waals surface area contributed by atoms with Crippen molar-refractivity contribution in [2.24, 2.45) is 4.99 Å². The average Bonchev–Trinajstić information content (AvgIpc) is 2.89. The Morgan fingerprint density at radius 2 is 2.00 bits per heavy atom. The van der Waals surface area contributed by atoms with Crippen LogP contribution in [-0.4, -0.2) is 15.3 Å². The van der Waals surface area contributed by atoms with E-state index in [0.717, 1.165) is 11.3 Å².